The Hall–Kier alpha value is -1.39. The van der Waals surface area contributed by atoms with Crippen LogP contribution in [0.2, 0.25) is 0 Å². The molecular formula is C16H24N2O2. The Bertz CT molecular complexity index is 494. The monoisotopic (exact) mass is 276 g/mol. The van der Waals surface area contributed by atoms with Crippen molar-refractivity contribution in [1.82, 2.24) is 5.32 Å². The smallest absolute Gasteiger partial charge is 0.0889 e. The van der Waals surface area contributed by atoms with Gasteiger partial charge in [-0.25, -0.2) is 0 Å². The van der Waals surface area contributed by atoms with E-state index in [-0.39, 0.29) is 17.0 Å². The molecule has 2 atom stereocenters. The van der Waals surface area contributed by atoms with Crippen molar-refractivity contribution >= 4 is 5.71 Å². The molecule has 4 heteroatoms. The van der Waals surface area contributed by atoms with Crippen molar-refractivity contribution in [3.8, 4) is 0 Å². The van der Waals surface area contributed by atoms with Crippen LogP contribution < -0.4 is 5.32 Å². The van der Waals surface area contributed by atoms with Crippen molar-refractivity contribution in [2.24, 2.45) is 11.1 Å². The van der Waals surface area contributed by atoms with Crippen molar-refractivity contribution in [1.29, 1.82) is 0 Å². The highest BCUT2D eigenvalue weighted by Gasteiger charge is 2.47. The lowest BCUT2D eigenvalue weighted by molar-refractivity contribution is 0.0629. The maximum Gasteiger partial charge on any atom is 0.0889 e. The van der Waals surface area contributed by atoms with E-state index in [0.717, 1.165) is 5.56 Å². The molecule has 0 radical (unpaired) electrons. The predicted molar refractivity (Wildman–Crippen MR) is 80.0 cm³/mol. The van der Waals surface area contributed by atoms with Crippen LogP contribution in [-0.4, -0.2) is 27.1 Å². The number of hydrogen-bond donors (Lipinski definition) is 3. The minimum Gasteiger partial charge on any atom is -0.411 e. The molecular weight excluding hydrogens is 252 g/mol. The Morgan fingerprint density at radius 1 is 1.20 bits per heavy atom. The van der Waals surface area contributed by atoms with Gasteiger partial charge in [0.1, 0.15) is 0 Å². The number of hydrogen-bond acceptors (Lipinski definition) is 4. The third-order valence-corrected chi connectivity index (χ3v) is 4.01. The first-order valence-corrected chi connectivity index (χ1v) is 7.00. The summed E-state index contributed by atoms with van der Waals surface area (Å²) in [7, 11) is 0. The predicted octanol–water partition coefficient (Wildman–Crippen LogP) is 2.72. The van der Waals surface area contributed by atoms with Gasteiger partial charge in [-0.1, -0.05) is 35.5 Å². The summed E-state index contributed by atoms with van der Waals surface area (Å²) in [6, 6.07) is 9.53. The van der Waals surface area contributed by atoms with Gasteiger partial charge in [0, 0.05) is 23.4 Å². The lowest BCUT2D eigenvalue weighted by Gasteiger charge is -2.49. The topological polar surface area (TPSA) is 64.9 Å². The van der Waals surface area contributed by atoms with Gasteiger partial charge in [-0.3, -0.25) is 0 Å². The van der Waals surface area contributed by atoms with Crippen molar-refractivity contribution in [2.45, 2.75) is 51.3 Å². The van der Waals surface area contributed by atoms with Crippen LogP contribution in [0.5, 0.6) is 0 Å². The minimum atomic E-state index is -0.694. The zero-order chi connectivity index (χ0) is 15.0. The molecule has 3 N–H and O–H groups in total. The molecule has 1 aromatic carbocycles. The van der Waals surface area contributed by atoms with Gasteiger partial charge in [-0.15, -0.1) is 0 Å². The van der Waals surface area contributed by atoms with Gasteiger partial charge >= 0.3 is 0 Å². The number of oxime groups is 1. The van der Waals surface area contributed by atoms with Crippen LogP contribution in [0.1, 0.15) is 45.8 Å². The molecule has 0 amide bonds. The van der Waals surface area contributed by atoms with Crippen LogP contribution in [0.25, 0.3) is 0 Å². The van der Waals surface area contributed by atoms with E-state index in [4.69, 9.17) is 0 Å². The molecule has 110 valence electrons. The Kier molecular flexibility index (Phi) is 3.89. The van der Waals surface area contributed by atoms with E-state index >= 15 is 0 Å². The summed E-state index contributed by atoms with van der Waals surface area (Å²) in [5.74, 6) is -0.261. The maximum absolute atomic E-state index is 10.7. The molecule has 1 aliphatic rings. The van der Waals surface area contributed by atoms with Crippen LogP contribution in [-0.2, 0) is 0 Å². The van der Waals surface area contributed by atoms with Crippen LogP contribution in [0.3, 0.4) is 0 Å². The van der Waals surface area contributed by atoms with E-state index in [0.29, 0.717) is 12.1 Å². The number of piperidine rings is 1. The van der Waals surface area contributed by atoms with Gasteiger partial charge in [0.05, 0.1) is 11.8 Å². The van der Waals surface area contributed by atoms with Crippen LogP contribution >= 0.6 is 0 Å². The second kappa shape index (κ2) is 5.19. The molecule has 0 aromatic heterocycles. The second-order valence-corrected chi connectivity index (χ2v) is 6.83. The van der Waals surface area contributed by atoms with Gasteiger partial charge in [-0.05, 0) is 33.3 Å². The lowest BCUT2D eigenvalue weighted by atomic mass is 9.69. The normalized spacial score (nSPS) is 28.2. The van der Waals surface area contributed by atoms with E-state index in [9.17, 15) is 10.3 Å². The van der Waals surface area contributed by atoms with E-state index in [1.165, 1.54) is 0 Å². The second-order valence-electron chi connectivity index (χ2n) is 6.83. The number of aliphatic hydroxyl groups is 1. The molecule has 0 unspecified atom stereocenters. The molecule has 1 heterocycles. The largest absolute Gasteiger partial charge is 0.411 e. The molecule has 0 bridgehead atoms. The Morgan fingerprint density at radius 2 is 1.80 bits per heavy atom. The van der Waals surface area contributed by atoms with E-state index in [1.807, 2.05) is 44.2 Å². The summed E-state index contributed by atoms with van der Waals surface area (Å²) in [6.45, 7) is 8.22. The Morgan fingerprint density at radius 3 is 2.35 bits per heavy atom. The highest BCUT2D eigenvalue weighted by molar-refractivity contribution is 5.90. The molecule has 0 aliphatic carbocycles. The summed E-state index contributed by atoms with van der Waals surface area (Å²) in [5.41, 5.74) is 0.972. The molecule has 1 saturated heterocycles. The number of nitrogens with zero attached hydrogens (tertiary/aromatic N) is 1. The van der Waals surface area contributed by atoms with Gasteiger partial charge in [0.25, 0.3) is 0 Å². The van der Waals surface area contributed by atoms with Crippen LogP contribution in [0, 0.1) is 5.92 Å². The summed E-state index contributed by atoms with van der Waals surface area (Å²) >= 11 is 0. The molecule has 1 fully saturated rings. The zero-order valence-corrected chi connectivity index (χ0v) is 12.6. The number of nitrogens with one attached hydrogen (secondary N) is 1. The fourth-order valence-electron chi connectivity index (χ4n) is 3.49. The van der Waals surface area contributed by atoms with E-state index in [2.05, 4.69) is 24.3 Å². The van der Waals surface area contributed by atoms with Crippen molar-refractivity contribution < 1.29 is 10.3 Å². The number of rotatable bonds is 2. The molecule has 1 aromatic rings. The first-order valence-electron chi connectivity index (χ1n) is 7.00. The van der Waals surface area contributed by atoms with Gasteiger partial charge in [-0.2, -0.15) is 0 Å². The third kappa shape index (κ3) is 2.86. The third-order valence-electron chi connectivity index (χ3n) is 4.01. The average Bonchev–Trinajstić information content (AvgIpc) is 2.36. The van der Waals surface area contributed by atoms with Crippen LogP contribution in [0.4, 0.5) is 0 Å². The molecule has 0 saturated carbocycles. The van der Waals surface area contributed by atoms with E-state index < -0.39 is 6.10 Å². The Labute approximate surface area is 120 Å². The van der Waals surface area contributed by atoms with E-state index in [1.54, 1.807) is 0 Å². The molecule has 20 heavy (non-hydrogen) atoms. The van der Waals surface area contributed by atoms with Gasteiger partial charge < -0.3 is 15.6 Å². The zero-order valence-electron chi connectivity index (χ0n) is 12.6. The highest BCUT2D eigenvalue weighted by Crippen LogP contribution is 2.39. The molecule has 4 nitrogen and oxygen atoms in total. The lowest BCUT2D eigenvalue weighted by Crippen LogP contribution is -2.64. The van der Waals surface area contributed by atoms with Crippen molar-refractivity contribution in [2.75, 3.05) is 0 Å². The molecule has 2 rings (SSSR count). The minimum absolute atomic E-state index is 0.155. The van der Waals surface area contributed by atoms with Gasteiger partial charge in [0.15, 0.2) is 0 Å². The van der Waals surface area contributed by atoms with Crippen molar-refractivity contribution in [3.63, 3.8) is 0 Å². The highest BCUT2D eigenvalue weighted by atomic mass is 16.4. The standard InChI is InChI=1S/C16H24N2O2/c1-15(2)10-12(17-20)13(16(3,4)18-15)14(19)11-8-6-5-7-9-11/h5-9,13-14,18-20H,10H2,1-4H3/b17-12-/t13-,14-/m0/s1. The average molecular weight is 276 g/mol. The first-order chi connectivity index (χ1) is 9.27. The number of benzene rings is 1. The molecule has 0 spiro atoms. The maximum atomic E-state index is 10.7. The quantitative estimate of drug-likeness (QED) is 0.575. The summed E-state index contributed by atoms with van der Waals surface area (Å²) in [4.78, 5) is 0. The van der Waals surface area contributed by atoms with Crippen molar-refractivity contribution in [3.05, 3.63) is 35.9 Å². The molecule has 1 aliphatic heterocycles. The summed E-state index contributed by atoms with van der Waals surface area (Å²) in [6.07, 6.45) is -0.0812. The van der Waals surface area contributed by atoms with Crippen LogP contribution in [0.15, 0.2) is 35.5 Å². The summed E-state index contributed by atoms with van der Waals surface area (Å²) < 4.78 is 0. The Balaban J connectivity index is 2.38. The summed E-state index contributed by atoms with van der Waals surface area (Å²) in [5, 5.41) is 27.1. The first kappa shape index (κ1) is 15.0. The number of aliphatic hydroxyl groups excluding tert-OH is 1. The fraction of sp³-hybridized carbons (Fsp3) is 0.562. The fourth-order valence-corrected chi connectivity index (χ4v) is 3.49. The SMILES string of the molecule is CC1(C)C/C(=N/O)[C@@H]([C@@H](O)c2ccccc2)C(C)(C)N1. The van der Waals surface area contributed by atoms with Gasteiger partial charge in [0.2, 0.25) is 0 Å².